The molecule has 128 valence electrons. The number of aromatic nitrogens is 2. The Morgan fingerprint density at radius 2 is 2.12 bits per heavy atom. The Labute approximate surface area is 158 Å². The molecule has 0 bridgehead atoms. The molecule has 1 amide bonds. The number of Topliss-reactive ketones (excluding diaryl/α,β-unsaturated/α-hetero) is 1. The van der Waals surface area contributed by atoms with Crippen molar-refractivity contribution in [3.8, 4) is 0 Å². The summed E-state index contributed by atoms with van der Waals surface area (Å²) in [5.41, 5.74) is 1.66. The first-order chi connectivity index (χ1) is 11.9. The molecule has 0 fully saturated rings. The number of nitrogens with zero attached hydrogens (tertiary/aromatic N) is 1. The third-order valence-electron chi connectivity index (χ3n) is 3.50. The summed E-state index contributed by atoms with van der Waals surface area (Å²) in [5.74, 6) is -0.459. The molecule has 8 heteroatoms. The van der Waals surface area contributed by atoms with Crippen molar-refractivity contribution in [3.05, 3.63) is 68.4 Å². The molecule has 2 heterocycles. The van der Waals surface area contributed by atoms with E-state index in [1.807, 2.05) is 12.1 Å². The Hall–Kier alpha value is -2.15. The van der Waals surface area contributed by atoms with Gasteiger partial charge >= 0.3 is 0 Å². The minimum Gasteiger partial charge on any atom is -0.356 e. The van der Waals surface area contributed by atoms with Crippen LogP contribution in [-0.4, -0.2) is 21.7 Å². The predicted octanol–water partition coefficient (Wildman–Crippen LogP) is 4.82. The van der Waals surface area contributed by atoms with Crippen LogP contribution in [0, 0.1) is 0 Å². The highest BCUT2D eigenvalue weighted by Crippen LogP contribution is 2.29. The number of ketones is 1. The standard InChI is InChI=1S/C17H13Cl2N3O2S/c1-9(23)11-6-14(20-7-11)16(24)22-17-21-8-12(25-17)5-10-3-2-4-13(18)15(10)19/h2-4,6-8,20H,5H2,1H3,(H,21,22,24). The number of halogens is 2. The molecule has 0 atom stereocenters. The molecule has 0 radical (unpaired) electrons. The molecule has 2 N–H and O–H groups in total. The van der Waals surface area contributed by atoms with Crippen LogP contribution in [0.3, 0.4) is 0 Å². The van der Waals surface area contributed by atoms with Crippen LogP contribution in [0.15, 0.2) is 36.7 Å². The molecule has 25 heavy (non-hydrogen) atoms. The van der Waals surface area contributed by atoms with Crippen LogP contribution < -0.4 is 5.32 Å². The van der Waals surface area contributed by atoms with Gasteiger partial charge in [-0.2, -0.15) is 0 Å². The van der Waals surface area contributed by atoms with Gasteiger partial charge in [-0.1, -0.05) is 35.3 Å². The van der Waals surface area contributed by atoms with Crippen LogP contribution in [0.2, 0.25) is 10.0 Å². The van der Waals surface area contributed by atoms with Crippen LogP contribution in [0.5, 0.6) is 0 Å². The van der Waals surface area contributed by atoms with E-state index in [-0.39, 0.29) is 11.7 Å². The van der Waals surface area contributed by atoms with Crippen LogP contribution in [0.4, 0.5) is 5.13 Å². The summed E-state index contributed by atoms with van der Waals surface area (Å²) in [5, 5.41) is 4.20. The molecule has 3 rings (SSSR count). The first kappa shape index (κ1) is 17.7. The second-order valence-corrected chi connectivity index (χ2v) is 7.23. The van der Waals surface area contributed by atoms with E-state index in [4.69, 9.17) is 23.2 Å². The summed E-state index contributed by atoms with van der Waals surface area (Å²) in [6.07, 6.45) is 3.77. The SMILES string of the molecule is CC(=O)c1c[nH]c(C(=O)Nc2ncc(Cc3cccc(Cl)c3Cl)s2)c1. The van der Waals surface area contributed by atoms with Gasteiger partial charge in [0.1, 0.15) is 5.69 Å². The number of aromatic amines is 1. The molecule has 2 aromatic heterocycles. The number of anilines is 1. The second-order valence-electron chi connectivity index (χ2n) is 5.33. The largest absolute Gasteiger partial charge is 0.356 e. The van der Waals surface area contributed by atoms with Crippen LogP contribution in [-0.2, 0) is 6.42 Å². The lowest BCUT2D eigenvalue weighted by Crippen LogP contribution is -2.11. The fraction of sp³-hybridized carbons (Fsp3) is 0.118. The maximum atomic E-state index is 12.2. The van der Waals surface area contributed by atoms with Crippen molar-refractivity contribution in [2.45, 2.75) is 13.3 Å². The summed E-state index contributed by atoms with van der Waals surface area (Å²) in [6.45, 7) is 1.44. The third kappa shape index (κ3) is 4.10. The zero-order chi connectivity index (χ0) is 18.0. The van der Waals surface area contributed by atoms with Gasteiger partial charge in [0.25, 0.3) is 5.91 Å². The maximum Gasteiger partial charge on any atom is 0.273 e. The number of thiazole rings is 1. The first-order valence-electron chi connectivity index (χ1n) is 7.32. The minimum atomic E-state index is -0.353. The molecular formula is C17H13Cl2N3O2S. The highest BCUT2D eigenvalue weighted by Gasteiger charge is 2.13. The lowest BCUT2D eigenvalue weighted by atomic mass is 10.1. The first-order valence-corrected chi connectivity index (χ1v) is 8.89. The molecule has 0 saturated carbocycles. The van der Waals surface area contributed by atoms with Gasteiger partial charge in [0.05, 0.1) is 10.0 Å². The average molecular weight is 394 g/mol. The Morgan fingerprint density at radius 3 is 2.84 bits per heavy atom. The number of carbonyl (C=O) groups excluding carboxylic acids is 2. The highest BCUT2D eigenvalue weighted by molar-refractivity contribution is 7.15. The summed E-state index contributed by atoms with van der Waals surface area (Å²) < 4.78 is 0. The van der Waals surface area contributed by atoms with Crippen molar-refractivity contribution < 1.29 is 9.59 Å². The fourth-order valence-corrected chi connectivity index (χ4v) is 3.43. The Bertz CT molecular complexity index is 949. The summed E-state index contributed by atoms with van der Waals surface area (Å²) in [6, 6.07) is 6.98. The van der Waals surface area contributed by atoms with Crippen molar-refractivity contribution in [2.75, 3.05) is 5.32 Å². The predicted molar refractivity (Wildman–Crippen MR) is 100 cm³/mol. The number of rotatable bonds is 5. The normalized spacial score (nSPS) is 10.7. The molecule has 1 aromatic carbocycles. The molecule has 0 saturated heterocycles. The number of benzene rings is 1. The number of H-pyrrole nitrogens is 1. The van der Waals surface area contributed by atoms with E-state index in [0.717, 1.165) is 10.4 Å². The summed E-state index contributed by atoms with van der Waals surface area (Å²) in [7, 11) is 0. The van der Waals surface area contributed by atoms with E-state index in [1.54, 1.807) is 12.3 Å². The van der Waals surface area contributed by atoms with E-state index in [9.17, 15) is 9.59 Å². The number of amides is 1. The molecule has 0 aliphatic carbocycles. The molecule has 0 spiro atoms. The quantitative estimate of drug-likeness (QED) is 0.609. The minimum absolute atomic E-state index is 0.106. The van der Waals surface area contributed by atoms with Crippen LogP contribution in [0.1, 0.15) is 38.2 Å². The monoisotopic (exact) mass is 393 g/mol. The van der Waals surface area contributed by atoms with Gasteiger partial charge in [0, 0.05) is 29.3 Å². The number of nitrogens with one attached hydrogen (secondary N) is 2. The second kappa shape index (κ2) is 7.39. The highest BCUT2D eigenvalue weighted by atomic mass is 35.5. The van der Waals surface area contributed by atoms with Crippen molar-refractivity contribution in [2.24, 2.45) is 0 Å². The maximum absolute atomic E-state index is 12.2. The van der Waals surface area contributed by atoms with Crippen molar-refractivity contribution in [1.82, 2.24) is 9.97 Å². The van der Waals surface area contributed by atoms with Crippen molar-refractivity contribution >= 4 is 51.4 Å². The van der Waals surface area contributed by atoms with Crippen LogP contribution >= 0.6 is 34.5 Å². The van der Waals surface area contributed by atoms with Gasteiger partial charge in [-0.05, 0) is 24.6 Å². The van der Waals surface area contributed by atoms with Crippen molar-refractivity contribution in [3.63, 3.8) is 0 Å². The average Bonchev–Trinajstić information content (AvgIpc) is 3.21. The summed E-state index contributed by atoms with van der Waals surface area (Å²) in [4.78, 5) is 31.4. The zero-order valence-corrected chi connectivity index (χ0v) is 15.4. The van der Waals surface area contributed by atoms with E-state index in [0.29, 0.717) is 32.9 Å². The van der Waals surface area contributed by atoms with Crippen LogP contribution in [0.25, 0.3) is 0 Å². The molecular weight excluding hydrogens is 381 g/mol. The smallest absolute Gasteiger partial charge is 0.273 e. The lowest BCUT2D eigenvalue weighted by Gasteiger charge is -2.03. The third-order valence-corrected chi connectivity index (χ3v) is 5.28. The topological polar surface area (TPSA) is 74.8 Å². The van der Waals surface area contributed by atoms with Gasteiger partial charge in [0.2, 0.25) is 0 Å². The lowest BCUT2D eigenvalue weighted by molar-refractivity contribution is 0.101. The van der Waals surface area contributed by atoms with E-state index in [1.165, 1.54) is 30.5 Å². The zero-order valence-electron chi connectivity index (χ0n) is 13.1. The van der Waals surface area contributed by atoms with Gasteiger partial charge < -0.3 is 4.98 Å². The van der Waals surface area contributed by atoms with Crippen molar-refractivity contribution in [1.29, 1.82) is 0 Å². The molecule has 5 nitrogen and oxygen atoms in total. The molecule has 0 unspecified atom stereocenters. The van der Waals surface area contributed by atoms with Gasteiger partial charge in [-0.25, -0.2) is 4.98 Å². The number of carbonyl (C=O) groups is 2. The Morgan fingerprint density at radius 1 is 1.32 bits per heavy atom. The van der Waals surface area contributed by atoms with Gasteiger partial charge in [-0.3, -0.25) is 14.9 Å². The Kier molecular flexibility index (Phi) is 5.22. The molecule has 3 aromatic rings. The van der Waals surface area contributed by atoms with E-state index >= 15 is 0 Å². The fourth-order valence-electron chi connectivity index (χ4n) is 2.21. The Balaban J connectivity index is 1.69. The van der Waals surface area contributed by atoms with Gasteiger partial charge in [0.15, 0.2) is 10.9 Å². The van der Waals surface area contributed by atoms with Gasteiger partial charge in [-0.15, -0.1) is 11.3 Å². The summed E-state index contributed by atoms with van der Waals surface area (Å²) >= 11 is 13.6. The number of hydrogen-bond acceptors (Lipinski definition) is 4. The van der Waals surface area contributed by atoms with E-state index in [2.05, 4.69) is 15.3 Å². The van der Waals surface area contributed by atoms with E-state index < -0.39 is 0 Å². The molecule has 0 aliphatic heterocycles. The molecule has 0 aliphatic rings. The number of hydrogen-bond donors (Lipinski definition) is 2.